The van der Waals surface area contributed by atoms with Gasteiger partial charge >= 0.3 is 0 Å². The van der Waals surface area contributed by atoms with E-state index >= 15 is 0 Å². The van der Waals surface area contributed by atoms with E-state index in [1.54, 1.807) is 0 Å². The van der Waals surface area contributed by atoms with Crippen molar-refractivity contribution in [1.82, 2.24) is 9.97 Å². The second-order valence-corrected chi connectivity index (χ2v) is 5.23. The summed E-state index contributed by atoms with van der Waals surface area (Å²) in [6.07, 6.45) is 1.48. The number of anilines is 1. The van der Waals surface area contributed by atoms with Crippen molar-refractivity contribution in [3.63, 3.8) is 0 Å². The van der Waals surface area contributed by atoms with Gasteiger partial charge in [-0.25, -0.2) is 4.98 Å². The average molecular weight is 275 g/mol. The molecule has 1 heterocycles. The minimum Gasteiger partial charge on any atom is -0.476 e. The molecule has 4 nitrogen and oxygen atoms in total. The van der Waals surface area contributed by atoms with Crippen LogP contribution in [0.1, 0.15) is 18.1 Å². The lowest BCUT2D eigenvalue weighted by Crippen LogP contribution is -2.02. The summed E-state index contributed by atoms with van der Waals surface area (Å²) < 4.78 is 5.38. The quantitative estimate of drug-likeness (QED) is 0.868. The number of nitrogens with zero attached hydrogens (tertiary/aromatic N) is 2. The fourth-order valence-electron chi connectivity index (χ4n) is 1.62. The predicted octanol–water partition coefficient (Wildman–Crippen LogP) is 3.23. The van der Waals surface area contributed by atoms with Gasteiger partial charge in [-0.05, 0) is 38.0 Å². The summed E-state index contributed by atoms with van der Waals surface area (Å²) in [4.78, 5) is 9.42. The van der Waals surface area contributed by atoms with E-state index in [2.05, 4.69) is 42.0 Å². The Morgan fingerprint density at radius 1 is 1.26 bits per heavy atom. The van der Waals surface area contributed by atoms with E-state index in [9.17, 15) is 0 Å². The average Bonchev–Trinajstić information content (AvgIpc) is 2.39. The number of nitrogen functional groups attached to an aromatic ring is 1. The van der Waals surface area contributed by atoms with Crippen LogP contribution in [0.25, 0.3) is 0 Å². The van der Waals surface area contributed by atoms with Gasteiger partial charge in [-0.1, -0.05) is 23.9 Å². The highest BCUT2D eigenvalue weighted by molar-refractivity contribution is 7.99. The normalized spacial score (nSPS) is 10.5. The number of aryl methyl sites for hydroxylation is 2. The Labute approximate surface area is 117 Å². The van der Waals surface area contributed by atoms with E-state index in [1.165, 1.54) is 29.2 Å². The summed E-state index contributed by atoms with van der Waals surface area (Å²) in [5, 5.41) is 0.729. The molecule has 1 aromatic heterocycles. The first kappa shape index (κ1) is 13.7. The Hall–Kier alpha value is -1.75. The minimum absolute atomic E-state index is 0.449. The molecule has 0 aliphatic heterocycles. The summed E-state index contributed by atoms with van der Waals surface area (Å²) in [7, 11) is 0. The zero-order chi connectivity index (χ0) is 13.8. The van der Waals surface area contributed by atoms with Crippen LogP contribution in [0.4, 0.5) is 5.69 Å². The van der Waals surface area contributed by atoms with Crippen molar-refractivity contribution in [3.8, 4) is 5.88 Å². The van der Waals surface area contributed by atoms with Crippen LogP contribution < -0.4 is 10.5 Å². The topological polar surface area (TPSA) is 61.0 Å². The molecular formula is C14H17N3OS. The van der Waals surface area contributed by atoms with Gasteiger partial charge in [0.25, 0.3) is 0 Å². The highest BCUT2D eigenvalue weighted by atomic mass is 32.2. The molecule has 0 bridgehead atoms. The minimum atomic E-state index is 0.449. The number of rotatable bonds is 4. The molecule has 0 spiro atoms. The highest BCUT2D eigenvalue weighted by Crippen LogP contribution is 2.35. The molecule has 0 aliphatic carbocycles. The molecule has 1 aromatic carbocycles. The Bertz CT molecular complexity index is 587. The van der Waals surface area contributed by atoms with E-state index < -0.39 is 0 Å². The summed E-state index contributed by atoms with van der Waals surface area (Å²) in [6.45, 7) is 6.58. The summed E-state index contributed by atoms with van der Waals surface area (Å²) in [6, 6.07) is 6.31. The van der Waals surface area contributed by atoms with Crippen molar-refractivity contribution in [2.75, 3.05) is 12.3 Å². The molecule has 0 fully saturated rings. The van der Waals surface area contributed by atoms with Gasteiger partial charge in [0.15, 0.2) is 0 Å². The van der Waals surface area contributed by atoms with Gasteiger partial charge in [0.1, 0.15) is 17.0 Å². The van der Waals surface area contributed by atoms with Crippen LogP contribution in [0, 0.1) is 13.8 Å². The summed E-state index contributed by atoms with van der Waals surface area (Å²) in [5.41, 5.74) is 8.94. The van der Waals surface area contributed by atoms with Gasteiger partial charge in [0.05, 0.1) is 6.61 Å². The van der Waals surface area contributed by atoms with Crippen molar-refractivity contribution in [1.29, 1.82) is 0 Å². The Balaban J connectivity index is 2.33. The van der Waals surface area contributed by atoms with E-state index in [4.69, 9.17) is 10.5 Å². The SMILES string of the molecule is CCOc1ncnc(Sc2cc(C)ccc2C)c1N. The first-order chi connectivity index (χ1) is 9.11. The van der Waals surface area contributed by atoms with Gasteiger partial charge in [-0.2, -0.15) is 4.98 Å². The first-order valence-corrected chi connectivity index (χ1v) is 6.91. The number of benzene rings is 1. The third kappa shape index (κ3) is 3.17. The van der Waals surface area contributed by atoms with E-state index in [0.717, 1.165) is 9.92 Å². The molecule has 2 N–H and O–H groups in total. The van der Waals surface area contributed by atoms with Crippen molar-refractivity contribution < 1.29 is 4.74 Å². The number of hydrogen-bond acceptors (Lipinski definition) is 5. The van der Waals surface area contributed by atoms with Gasteiger partial charge in [0, 0.05) is 4.90 Å². The Morgan fingerprint density at radius 3 is 2.79 bits per heavy atom. The smallest absolute Gasteiger partial charge is 0.241 e. The second kappa shape index (κ2) is 5.93. The van der Waals surface area contributed by atoms with Gasteiger partial charge < -0.3 is 10.5 Å². The molecular weight excluding hydrogens is 258 g/mol. The number of nitrogens with two attached hydrogens (primary N) is 1. The van der Waals surface area contributed by atoms with E-state index in [1.807, 2.05) is 6.92 Å². The lowest BCUT2D eigenvalue weighted by atomic mass is 10.2. The zero-order valence-corrected chi connectivity index (χ0v) is 12.1. The maximum atomic E-state index is 6.03. The molecule has 100 valence electrons. The summed E-state index contributed by atoms with van der Waals surface area (Å²) >= 11 is 1.54. The maximum Gasteiger partial charge on any atom is 0.241 e. The molecule has 0 unspecified atom stereocenters. The lowest BCUT2D eigenvalue weighted by molar-refractivity contribution is 0.327. The van der Waals surface area contributed by atoms with Gasteiger partial charge in [0.2, 0.25) is 5.88 Å². The van der Waals surface area contributed by atoms with Crippen LogP contribution in [0.3, 0.4) is 0 Å². The largest absolute Gasteiger partial charge is 0.476 e. The summed E-state index contributed by atoms with van der Waals surface area (Å²) in [5.74, 6) is 0.449. The van der Waals surface area contributed by atoms with E-state index in [-0.39, 0.29) is 0 Å². The maximum absolute atomic E-state index is 6.03. The molecule has 0 aliphatic rings. The van der Waals surface area contributed by atoms with Crippen LogP contribution in [0.2, 0.25) is 0 Å². The van der Waals surface area contributed by atoms with Crippen LogP contribution in [0.15, 0.2) is 34.4 Å². The molecule has 0 amide bonds. The van der Waals surface area contributed by atoms with Crippen LogP contribution in [0.5, 0.6) is 5.88 Å². The number of hydrogen-bond donors (Lipinski definition) is 1. The first-order valence-electron chi connectivity index (χ1n) is 6.10. The van der Waals surface area contributed by atoms with Crippen molar-refractivity contribution >= 4 is 17.4 Å². The third-order valence-corrected chi connectivity index (χ3v) is 3.82. The Morgan fingerprint density at radius 2 is 2.05 bits per heavy atom. The van der Waals surface area contributed by atoms with Crippen LogP contribution in [-0.2, 0) is 0 Å². The fraction of sp³-hybridized carbons (Fsp3) is 0.286. The molecule has 19 heavy (non-hydrogen) atoms. The standard InChI is InChI=1S/C14H17N3OS/c1-4-18-13-12(15)14(17-8-16-13)19-11-7-9(2)5-6-10(11)3/h5-8H,4,15H2,1-3H3. The molecule has 0 atom stereocenters. The Kier molecular flexibility index (Phi) is 4.27. The lowest BCUT2D eigenvalue weighted by Gasteiger charge is -2.10. The molecule has 0 saturated heterocycles. The third-order valence-electron chi connectivity index (χ3n) is 2.64. The second-order valence-electron chi connectivity index (χ2n) is 4.20. The molecule has 0 saturated carbocycles. The zero-order valence-electron chi connectivity index (χ0n) is 11.3. The van der Waals surface area contributed by atoms with E-state index in [0.29, 0.717) is 18.2 Å². The molecule has 0 radical (unpaired) electrons. The molecule has 2 aromatic rings. The van der Waals surface area contributed by atoms with Crippen molar-refractivity contribution in [2.45, 2.75) is 30.7 Å². The van der Waals surface area contributed by atoms with Gasteiger partial charge in [-0.3, -0.25) is 0 Å². The number of aromatic nitrogens is 2. The monoisotopic (exact) mass is 275 g/mol. The van der Waals surface area contributed by atoms with Crippen molar-refractivity contribution in [2.24, 2.45) is 0 Å². The number of ether oxygens (including phenoxy) is 1. The molecule has 5 heteroatoms. The predicted molar refractivity (Wildman–Crippen MR) is 77.7 cm³/mol. The van der Waals surface area contributed by atoms with Crippen molar-refractivity contribution in [3.05, 3.63) is 35.7 Å². The van der Waals surface area contributed by atoms with Crippen LogP contribution >= 0.6 is 11.8 Å². The van der Waals surface area contributed by atoms with Gasteiger partial charge in [-0.15, -0.1) is 0 Å². The highest BCUT2D eigenvalue weighted by Gasteiger charge is 2.11. The fourth-order valence-corrected chi connectivity index (χ4v) is 2.60. The van der Waals surface area contributed by atoms with Crippen LogP contribution in [-0.4, -0.2) is 16.6 Å². The molecule has 2 rings (SSSR count).